The molecule has 0 bridgehead atoms. The van der Waals surface area contributed by atoms with Gasteiger partial charge in [-0.2, -0.15) is 0 Å². The van der Waals surface area contributed by atoms with Crippen molar-refractivity contribution in [2.75, 3.05) is 7.11 Å². The van der Waals surface area contributed by atoms with Crippen molar-refractivity contribution in [1.82, 2.24) is 0 Å². The molecule has 0 aliphatic carbocycles. The van der Waals surface area contributed by atoms with Crippen molar-refractivity contribution < 1.29 is 9.84 Å². The van der Waals surface area contributed by atoms with Crippen LogP contribution in [0.4, 0.5) is 0 Å². The van der Waals surface area contributed by atoms with Crippen molar-refractivity contribution >= 4 is 0 Å². The highest BCUT2D eigenvalue weighted by atomic mass is 16.5. The van der Waals surface area contributed by atoms with Crippen LogP contribution in [0.25, 0.3) is 0 Å². The van der Waals surface area contributed by atoms with Crippen LogP contribution in [-0.4, -0.2) is 12.2 Å². The summed E-state index contributed by atoms with van der Waals surface area (Å²) in [6.07, 6.45) is 0.523. The molecule has 1 rings (SSSR count). The summed E-state index contributed by atoms with van der Waals surface area (Å²) >= 11 is 0. The van der Waals surface area contributed by atoms with Crippen LogP contribution in [0.1, 0.15) is 42.2 Å². The molecule has 1 atom stereocenters. The average molecular weight is 208 g/mol. The number of ether oxygens (including phenoxy) is 1. The summed E-state index contributed by atoms with van der Waals surface area (Å²) in [5.74, 6) is 0. The molecular weight excluding hydrogens is 188 g/mol. The third-order valence-electron chi connectivity index (χ3n) is 2.62. The van der Waals surface area contributed by atoms with E-state index in [4.69, 9.17) is 4.74 Å². The fraction of sp³-hybridized carbons (Fsp3) is 0.538. The number of aliphatic hydroxyl groups excluding tert-OH is 1. The molecule has 0 saturated heterocycles. The third-order valence-corrected chi connectivity index (χ3v) is 2.62. The molecule has 0 fully saturated rings. The lowest BCUT2D eigenvalue weighted by atomic mass is 9.94. The molecule has 1 unspecified atom stereocenters. The Balaban J connectivity index is 3.25. The Labute approximate surface area is 91.9 Å². The summed E-state index contributed by atoms with van der Waals surface area (Å²) in [7, 11) is 1.70. The number of hydrogen-bond acceptors (Lipinski definition) is 2. The highest BCUT2D eigenvalue weighted by Gasteiger charge is 2.11. The molecule has 0 spiro atoms. The van der Waals surface area contributed by atoms with E-state index in [2.05, 4.69) is 19.1 Å². The van der Waals surface area contributed by atoms with E-state index in [0.29, 0.717) is 6.61 Å². The molecule has 0 aromatic heterocycles. The molecule has 0 radical (unpaired) electrons. The fourth-order valence-corrected chi connectivity index (χ4v) is 2.01. The summed E-state index contributed by atoms with van der Waals surface area (Å²) in [5.41, 5.74) is 4.62. The Morgan fingerprint density at radius 2 is 2.07 bits per heavy atom. The van der Waals surface area contributed by atoms with Gasteiger partial charge in [0.05, 0.1) is 12.7 Å². The fourth-order valence-electron chi connectivity index (χ4n) is 2.01. The number of hydrogen-bond donors (Lipinski definition) is 1. The van der Waals surface area contributed by atoms with Crippen molar-refractivity contribution in [3.63, 3.8) is 0 Å². The van der Waals surface area contributed by atoms with Crippen LogP contribution in [0.3, 0.4) is 0 Å². The minimum Gasteiger partial charge on any atom is -0.389 e. The zero-order chi connectivity index (χ0) is 11.4. The Morgan fingerprint density at radius 3 is 2.53 bits per heavy atom. The van der Waals surface area contributed by atoms with Gasteiger partial charge in [0, 0.05) is 7.11 Å². The van der Waals surface area contributed by atoms with Crippen LogP contribution < -0.4 is 0 Å². The van der Waals surface area contributed by atoms with E-state index in [-0.39, 0.29) is 0 Å². The Bertz CT molecular complexity index is 330. The average Bonchev–Trinajstić information content (AvgIpc) is 2.17. The van der Waals surface area contributed by atoms with E-state index in [1.54, 1.807) is 7.11 Å². The molecule has 2 heteroatoms. The summed E-state index contributed by atoms with van der Waals surface area (Å²) < 4.78 is 5.18. The quantitative estimate of drug-likeness (QED) is 0.824. The SMILES string of the molecule is CCc1c(COC)cc(C)cc1C(C)O. The van der Waals surface area contributed by atoms with Crippen molar-refractivity contribution in [3.05, 3.63) is 34.4 Å². The van der Waals surface area contributed by atoms with Crippen LogP contribution in [0.15, 0.2) is 12.1 Å². The molecule has 2 nitrogen and oxygen atoms in total. The van der Waals surface area contributed by atoms with Gasteiger partial charge in [-0.05, 0) is 37.0 Å². The number of rotatable bonds is 4. The normalized spacial score (nSPS) is 12.9. The van der Waals surface area contributed by atoms with Gasteiger partial charge in [-0.3, -0.25) is 0 Å². The molecule has 15 heavy (non-hydrogen) atoms. The molecule has 0 aliphatic rings. The zero-order valence-electron chi connectivity index (χ0n) is 10.0. The molecule has 1 aromatic carbocycles. The molecule has 0 aliphatic heterocycles. The largest absolute Gasteiger partial charge is 0.389 e. The summed E-state index contributed by atoms with van der Waals surface area (Å²) in [6.45, 7) is 6.58. The second kappa shape index (κ2) is 5.29. The maximum atomic E-state index is 9.71. The van der Waals surface area contributed by atoms with E-state index in [0.717, 1.165) is 12.0 Å². The lowest BCUT2D eigenvalue weighted by Crippen LogP contribution is -2.04. The van der Waals surface area contributed by atoms with Crippen molar-refractivity contribution in [2.45, 2.75) is 39.9 Å². The van der Waals surface area contributed by atoms with Gasteiger partial charge in [0.2, 0.25) is 0 Å². The van der Waals surface area contributed by atoms with Gasteiger partial charge < -0.3 is 9.84 Å². The smallest absolute Gasteiger partial charge is 0.0764 e. The molecule has 1 N–H and O–H groups in total. The summed E-state index contributed by atoms with van der Waals surface area (Å²) in [4.78, 5) is 0. The lowest BCUT2D eigenvalue weighted by molar-refractivity contribution is 0.181. The third kappa shape index (κ3) is 2.80. The maximum absolute atomic E-state index is 9.71. The van der Waals surface area contributed by atoms with Crippen LogP contribution >= 0.6 is 0 Å². The van der Waals surface area contributed by atoms with E-state index >= 15 is 0 Å². The van der Waals surface area contributed by atoms with Gasteiger partial charge in [0.1, 0.15) is 0 Å². The van der Waals surface area contributed by atoms with E-state index in [9.17, 15) is 5.11 Å². The van der Waals surface area contributed by atoms with E-state index < -0.39 is 6.10 Å². The Hall–Kier alpha value is -0.860. The van der Waals surface area contributed by atoms with Crippen molar-refractivity contribution in [2.24, 2.45) is 0 Å². The first-order chi connectivity index (χ1) is 7.10. The van der Waals surface area contributed by atoms with Crippen molar-refractivity contribution in [3.8, 4) is 0 Å². The van der Waals surface area contributed by atoms with Gasteiger partial charge in [0.15, 0.2) is 0 Å². The number of aryl methyl sites for hydroxylation is 1. The second-order valence-electron chi connectivity index (χ2n) is 3.95. The molecular formula is C13H20O2. The molecule has 0 heterocycles. The first-order valence-corrected chi connectivity index (χ1v) is 5.39. The van der Waals surface area contributed by atoms with E-state index in [1.165, 1.54) is 16.7 Å². The standard InChI is InChI=1S/C13H20O2/c1-5-12-11(8-15-4)6-9(2)7-13(12)10(3)14/h6-7,10,14H,5,8H2,1-4H3. The summed E-state index contributed by atoms with van der Waals surface area (Å²) in [6, 6.07) is 4.19. The van der Waals surface area contributed by atoms with Crippen molar-refractivity contribution in [1.29, 1.82) is 0 Å². The van der Waals surface area contributed by atoms with Gasteiger partial charge in [-0.15, -0.1) is 0 Å². The first-order valence-electron chi connectivity index (χ1n) is 5.39. The minimum absolute atomic E-state index is 0.407. The molecule has 1 aromatic rings. The van der Waals surface area contributed by atoms with Crippen LogP contribution in [-0.2, 0) is 17.8 Å². The predicted octanol–water partition coefficient (Wildman–Crippen LogP) is 2.76. The van der Waals surface area contributed by atoms with Gasteiger partial charge in [-0.1, -0.05) is 24.6 Å². The maximum Gasteiger partial charge on any atom is 0.0764 e. The first kappa shape index (κ1) is 12.2. The highest BCUT2D eigenvalue weighted by molar-refractivity contribution is 5.39. The molecule has 0 amide bonds. The second-order valence-corrected chi connectivity index (χ2v) is 3.95. The van der Waals surface area contributed by atoms with E-state index in [1.807, 2.05) is 13.8 Å². The molecule has 84 valence electrons. The van der Waals surface area contributed by atoms with Gasteiger partial charge in [-0.25, -0.2) is 0 Å². The highest BCUT2D eigenvalue weighted by Crippen LogP contribution is 2.24. The van der Waals surface area contributed by atoms with Gasteiger partial charge >= 0.3 is 0 Å². The summed E-state index contributed by atoms with van der Waals surface area (Å²) in [5, 5.41) is 9.71. The topological polar surface area (TPSA) is 29.5 Å². The number of methoxy groups -OCH3 is 1. The number of benzene rings is 1. The van der Waals surface area contributed by atoms with Crippen LogP contribution in [0.2, 0.25) is 0 Å². The molecule has 0 saturated carbocycles. The van der Waals surface area contributed by atoms with Gasteiger partial charge in [0.25, 0.3) is 0 Å². The predicted molar refractivity (Wildman–Crippen MR) is 61.9 cm³/mol. The van der Waals surface area contributed by atoms with Crippen LogP contribution in [0.5, 0.6) is 0 Å². The van der Waals surface area contributed by atoms with Crippen LogP contribution in [0, 0.1) is 6.92 Å². The zero-order valence-corrected chi connectivity index (χ0v) is 10.0. The number of aliphatic hydroxyl groups is 1. The minimum atomic E-state index is -0.407. The Kier molecular flexibility index (Phi) is 4.30. The Morgan fingerprint density at radius 1 is 1.40 bits per heavy atom. The monoisotopic (exact) mass is 208 g/mol. The lowest BCUT2D eigenvalue weighted by Gasteiger charge is -2.16.